The van der Waals surface area contributed by atoms with Crippen LogP contribution >= 0.6 is 0 Å². The van der Waals surface area contributed by atoms with Gasteiger partial charge in [0.1, 0.15) is 0 Å². The van der Waals surface area contributed by atoms with Crippen LogP contribution in [0.2, 0.25) is 0 Å². The molecule has 0 aliphatic heterocycles. The number of rotatable bonds is 4. The number of carbonyl (C=O) groups excluding carboxylic acids is 1. The van der Waals surface area contributed by atoms with Crippen molar-refractivity contribution in [1.29, 1.82) is 0 Å². The molecule has 0 bridgehead atoms. The molecule has 0 saturated heterocycles. The molecule has 0 spiro atoms. The van der Waals surface area contributed by atoms with Crippen LogP contribution in [-0.4, -0.2) is 39.3 Å². The van der Waals surface area contributed by atoms with E-state index in [4.69, 9.17) is 0 Å². The number of ketones is 1. The molecule has 0 unspecified atom stereocenters. The van der Waals surface area contributed by atoms with E-state index in [0.717, 1.165) is 5.69 Å². The highest BCUT2D eigenvalue weighted by atomic mass is 16.1. The van der Waals surface area contributed by atoms with Crippen molar-refractivity contribution in [2.75, 3.05) is 7.05 Å². The number of nitrogens with one attached hydrogen (secondary N) is 1. The minimum atomic E-state index is -0.347. The number of likely N-dealkylation sites (N-methyl/N-ethyl adjacent to an activating group) is 1. The number of imidazole rings is 1. The molecular formula is C15H27N3O. The highest BCUT2D eigenvalue weighted by molar-refractivity contribution is 5.89. The predicted molar refractivity (Wildman–Crippen MR) is 78.1 cm³/mol. The summed E-state index contributed by atoms with van der Waals surface area (Å²) in [4.78, 5) is 22.0. The van der Waals surface area contributed by atoms with Gasteiger partial charge in [0.2, 0.25) is 0 Å². The second kappa shape index (κ2) is 5.45. The fourth-order valence-electron chi connectivity index (χ4n) is 1.97. The summed E-state index contributed by atoms with van der Waals surface area (Å²) in [7, 11) is 2.01. The van der Waals surface area contributed by atoms with E-state index in [9.17, 15) is 4.79 Å². The van der Waals surface area contributed by atoms with Crippen LogP contribution in [0, 0.1) is 5.41 Å². The fraction of sp³-hybridized carbons (Fsp3) is 0.733. The van der Waals surface area contributed by atoms with E-state index in [2.05, 4.69) is 35.6 Å². The summed E-state index contributed by atoms with van der Waals surface area (Å²) < 4.78 is 0. The maximum atomic E-state index is 12.7. The third-order valence-corrected chi connectivity index (χ3v) is 3.52. The number of Topliss-reactive ketones (excluding diaryl/α,β-unsaturated/α-hetero) is 1. The number of hydrogen-bond acceptors (Lipinski definition) is 3. The first-order chi connectivity index (χ1) is 8.53. The molecule has 19 heavy (non-hydrogen) atoms. The van der Waals surface area contributed by atoms with Crippen LogP contribution in [0.15, 0.2) is 12.5 Å². The Morgan fingerprint density at radius 2 is 1.89 bits per heavy atom. The number of nitrogens with zero attached hydrogens (tertiary/aromatic N) is 2. The lowest BCUT2D eigenvalue weighted by Crippen LogP contribution is -2.52. The van der Waals surface area contributed by atoms with Gasteiger partial charge in [-0.15, -0.1) is 0 Å². The van der Waals surface area contributed by atoms with Crippen molar-refractivity contribution in [3.63, 3.8) is 0 Å². The lowest BCUT2D eigenvalue weighted by atomic mass is 9.83. The summed E-state index contributed by atoms with van der Waals surface area (Å²) in [6.07, 6.45) is 4.16. The summed E-state index contributed by atoms with van der Waals surface area (Å²) in [5.74, 6) is 0.257. The summed E-state index contributed by atoms with van der Waals surface area (Å²) in [6.45, 7) is 12.3. The van der Waals surface area contributed by atoms with E-state index in [0.29, 0.717) is 6.42 Å². The highest BCUT2D eigenvalue weighted by Crippen LogP contribution is 2.25. The molecule has 0 aliphatic carbocycles. The largest absolute Gasteiger partial charge is 0.351 e. The minimum absolute atomic E-state index is 0.0537. The van der Waals surface area contributed by atoms with Crippen molar-refractivity contribution in [1.82, 2.24) is 14.9 Å². The van der Waals surface area contributed by atoms with Crippen LogP contribution in [-0.2, 0) is 11.2 Å². The van der Waals surface area contributed by atoms with E-state index < -0.39 is 0 Å². The first kappa shape index (κ1) is 15.9. The summed E-state index contributed by atoms with van der Waals surface area (Å²) in [5, 5.41) is 0. The third-order valence-electron chi connectivity index (χ3n) is 3.52. The zero-order valence-corrected chi connectivity index (χ0v) is 13.2. The average molecular weight is 265 g/mol. The van der Waals surface area contributed by atoms with E-state index in [1.165, 1.54) is 0 Å². The smallest absolute Gasteiger partial charge is 0.155 e. The van der Waals surface area contributed by atoms with Crippen molar-refractivity contribution < 1.29 is 4.79 Å². The van der Waals surface area contributed by atoms with Crippen molar-refractivity contribution in [2.24, 2.45) is 5.41 Å². The summed E-state index contributed by atoms with van der Waals surface area (Å²) in [6, 6.07) is -0.150. The number of aromatic nitrogens is 2. The fourth-order valence-corrected chi connectivity index (χ4v) is 1.97. The SMILES string of the molecule is CN([C@@H](Cc1c[nH]cn1)C(=O)C(C)(C)C)C(C)(C)C. The van der Waals surface area contributed by atoms with E-state index >= 15 is 0 Å². The molecule has 0 aromatic carbocycles. The Balaban J connectivity index is 3.01. The Hall–Kier alpha value is -1.16. The zero-order chi connectivity index (χ0) is 14.8. The van der Waals surface area contributed by atoms with Gasteiger partial charge in [-0.1, -0.05) is 20.8 Å². The number of H-pyrrole nitrogens is 1. The van der Waals surface area contributed by atoms with Crippen LogP contribution in [0.3, 0.4) is 0 Å². The lowest BCUT2D eigenvalue weighted by Gasteiger charge is -2.40. The molecule has 1 rings (SSSR count). The maximum Gasteiger partial charge on any atom is 0.155 e. The van der Waals surface area contributed by atoms with Gasteiger partial charge >= 0.3 is 0 Å². The van der Waals surface area contributed by atoms with Crippen LogP contribution in [0.4, 0.5) is 0 Å². The molecule has 108 valence electrons. The number of aromatic amines is 1. The van der Waals surface area contributed by atoms with Crippen LogP contribution in [0.25, 0.3) is 0 Å². The van der Waals surface area contributed by atoms with Crippen molar-refractivity contribution in [3.05, 3.63) is 18.2 Å². The van der Waals surface area contributed by atoms with Crippen molar-refractivity contribution in [3.8, 4) is 0 Å². The second-order valence-electron chi connectivity index (χ2n) is 7.18. The molecule has 0 saturated carbocycles. The zero-order valence-electron chi connectivity index (χ0n) is 13.2. The summed E-state index contributed by atoms with van der Waals surface area (Å²) in [5.41, 5.74) is 0.529. The maximum absolute atomic E-state index is 12.7. The number of hydrogen-bond donors (Lipinski definition) is 1. The molecule has 0 fully saturated rings. The molecule has 1 atom stereocenters. The van der Waals surface area contributed by atoms with Gasteiger partial charge in [-0.2, -0.15) is 0 Å². The minimum Gasteiger partial charge on any atom is -0.351 e. The monoisotopic (exact) mass is 265 g/mol. The first-order valence-electron chi connectivity index (χ1n) is 6.78. The summed E-state index contributed by atoms with van der Waals surface area (Å²) >= 11 is 0. The molecule has 0 aliphatic rings. The third kappa shape index (κ3) is 4.16. The molecular weight excluding hydrogens is 238 g/mol. The Kier molecular flexibility index (Phi) is 4.56. The molecule has 1 aromatic heterocycles. The average Bonchev–Trinajstić information content (AvgIpc) is 2.74. The Bertz CT molecular complexity index is 410. The van der Waals surface area contributed by atoms with E-state index in [1.807, 2.05) is 34.0 Å². The Morgan fingerprint density at radius 1 is 1.32 bits per heavy atom. The molecule has 1 heterocycles. The molecule has 1 N–H and O–H groups in total. The molecule has 0 radical (unpaired) electrons. The second-order valence-corrected chi connectivity index (χ2v) is 7.18. The Morgan fingerprint density at radius 3 is 2.26 bits per heavy atom. The highest BCUT2D eigenvalue weighted by Gasteiger charge is 2.36. The van der Waals surface area contributed by atoms with Crippen molar-refractivity contribution in [2.45, 2.75) is 59.5 Å². The normalized spacial score (nSPS) is 14.7. The lowest BCUT2D eigenvalue weighted by molar-refractivity contribution is -0.133. The number of carbonyl (C=O) groups is 1. The van der Waals surface area contributed by atoms with Crippen molar-refractivity contribution >= 4 is 5.78 Å². The quantitative estimate of drug-likeness (QED) is 0.910. The van der Waals surface area contributed by atoms with Gasteiger partial charge in [0.15, 0.2) is 5.78 Å². The van der Waals surface area contributed by atoms with Crippen LogP contribution in [0.5, 0.6) is 0 Å². The Labute approximate surface area is 116 Å². The van der Waals surface area contributed by atoms with E-state index in [1.54, 1.807) is 6.33 Å². The molecule has 1 aromatic rings. The predicted octanol–water partition coefficient (Wildman–Crippen LogP) is 2.67. The van der Waals surface area contributed by atoms with Crippen LogP contribution in [0.1, 0.15) is 47.2 Å². The van der Waals surface area contributed by atoms with Gasteiger partial charge in [0.25, 0.3) is 0 Å². The topological polar surface area (TPSA) is 49.0 Å². The van der Waals surface area contributed by atoms with Crippen LogP contribution < -0.4 is 0 Å². The van der Waals surface area contributed by atoms with Gasteiger partial charge < -0.3 is 4.98 Å². The van der Waals surface area contributed by atoms with Gasteiger partial charge in [0, 0.05) is 23.6 Å². The molecule has 4 nitrogen and oxygen atoms in total. The van der Waals surface area contributed by atoms with Gasteiger partial charge in [-0.25, -0.2) is 4.98 Å². The molecule has 0 amide bonds. The van der Waals surface area contributed by atoms with Gasteiger partial charge in [0.05, 0.1) is 18.1 Å². The van der Waals surface area contributed by atoms with Gasteiger partial charge in [-0.05, 0) is 27.8 Å². The molecule has 4 heteroatoms. The van der Waals surface area contributed by atoms with Gasteiger partial charge in [-0.3, -0.25) is 9.69 Å². The first-order valence-corrected chi connectivity index (χ1v) is 6.78. The van der Waals surface area contributed by atoms with E-state index in [-0.39, 0.29) is 22.8 Å². The standard InChI is InChI=1S/C15H27N3O/c1-14(2,3)13(19)12(18(7)15(4,5)6)8-11-9-16-10-17-11/h9-10,12H,8H2,1-7H3,(H,16,17)/t12-/m0/s1.